The van der Waals surface area contributed by atoms with Crippen molar-refractivity contribution in [2.75, 3.05) is 0 Å². The fraction of sp³-hybridized carbons (Fsp3) is 0. The van der Waals surface area contributed by atoms with Crippen LogP contribution in [0.15, 0.2) is 35.1 Å². The van der Waals surface area contributed by atoms with Crippen LogP contribution in [0.2, 0.25) is 0 Å². The highest BCUT2D eigenvalue weighted by Gasteiger charge is 2.03. The van der Waals surface area contributed by atoms with Crippen LogP contribution in [0.1, 0.15) is 5.56 Å². The van der Waals surface area contributed by atoms with Gasteiger partial charge in [0, 0.05) is 5.56 Å². The second-order valence-electron chi connectivity index (χ2n) is 1.94. The molecule has 0 radical (unpaired) electrons. The lowest BCUT2D eigenvalue weighted by molar-refractivity contribution is 0.659. The summed E-state index contributed by atoms with van der Waals surface area (Å²) in [4.78, 5) is 0. The number of halogens is 3. The van der Waals surface area contributed by atoms with Crippen LogP contribution in [0.25, 0.3) is 5.83 Å². The average molecular weight is 219 g/mol. The molecule has 1 aromatic carbocycles. The SMILES string of the molecule is F/C(Br)=C(\F)c1ccccc1. The minimum absolute atomic E-state index is 0.238. The summed E-state index contributed by atoms with van der Waals surface area (Å²) in [6, 6.07) is 8.02. The summed E-state index contributed by atoms with van der Waals surface area (Å²) in [6.07, 6.45) is 0. The quantitative estimate of drug-likeness (QED) is 0.676. The summed E-state index contributed by atoms with van der Waals surface area (Å²) in [6.45, 7) is 0. The third-order valence-electron chi connectivity index (χ3n) is 1.19. The Kier molecular flexibility index (Phi) is 2.76. The molecule has 0 saturated heterocycles. The smallest absolute Gasteiger partial charge is 0.201 e. The molecule has 0 N–H and O–H groups in total. The van der Waals surface area contributed by atoms with Gasteiger partial charge in [0.25, 0.3) is 0 Å². The standard InChI is InChI=1S/C8H5BrF2/c9-8(11)7(10)6-4-2-1-3-5-6/h1-5H/b8-7-. The van der Waals surface area contributed by atoms with Gasteiger partial charge in [-0.15, -0.1) is 0 Å². The van der Waals surface area contributed by atoms with Crippen molar-refractivity contribution in [1.82, 2.24) is 0 Å². The van der Waals surface area contributed by atoms with Gasteiger partial charge in [0.2, 0.25) is 4.74 Å². The molecule has 1 rings (SSSR count). The summed E-state index contributed by atoms with van der Waals surface area (Å²) in [5, 5.41) is 0. The topological polar surface area (TPSA) is 0 Å². The summed E-state index contributed by atoms with van der Waals surface area (Å²) < 4.78 is 23.9. The largest absolute Gasteiger partial charge is 0.202 e. The predicted octanol–water partition coefficient (Wildman–Crippen LogP) is 3.65. The Morgan fingerprint density at radius 1 is 1.09 bits per heavy atom. The Labute approximate surface area is 71.7 Å². The van der Waals surface area contributed by atoms with Crippen molar-refractivity contribution in [2.24, 2.45) is 0 Å². The third kappa shape index (κ3) is 2.12. The van der Waals surface area contributed by atoms with E-state index in [-0.39, 0.29) is 5.56 Å². The van der Waals surface area contributed by atoms with Gasteiger partial charge in [-0.3, -0.25) is 0 Å². The van der Waals surface area contributed by atoms with Gasteiger partial charge < -0.3 is 0 Å². The van der Waals surface area contributed by atoms with Crippen LogP contribution >= 0.6 is 15.9 Å². The first-order chi connectivity index (χ1) is 5.22. The van der Waals surface area contributed by atoms with Crippen molar-refractivity contribution in [3.63, 3.8) is 0 Å². The van der Waals surface area contributed by atoms with Crippen LogP contribution in [-0.4, -0.2) is 0 Å². The molecule has 0 aliphatic carbocycles. The van der Waals surface area contributed by atoms with Crippen molar-refractivity contribution in [3.05, 3.63) is 40.6 Å². The minimum Gasteiger partial charge on any atom is -0.202 e. The zero-order valence-electron chi connectivity index (χ0n) is 5.52. The molecular formula is C8H5BrF2. The molecule has 58 valence electrons. The van der Waals surface area contributed by atoms with E-state index in [1.807, 2.05) is 0 Å². The highest BCUT2D eigenvalue weighted by Crippen LogP contribution is 2.24. The van der Waals surface area contributed by atoms with Gasteiger partial charge in [0.15, 0.2) is 5.83 Å². The van der Waals surface area contributed by atoms with Crippen LogP contribution in [-0.2, 0) is 0 Å². The highest BCUT2D eigenvalue weighted by molar-refractivity contribution is 9.11. The average Bonchev–Trinajstić information content (AvgIpc) is 2.05. The first-order valence-electron chi connectivity index (χ1n) is 2.98. The Hall–Kier alpha value is -0.700. The molecule has 0 heterocycles. The number of hydrogen-bond donors (Lipinski definition) is 0. The van der Waals surface area contributed by atoms with E-state index in [9.17, 15) is 8.78 Å². The van der Waals surface area contributed by atoms with E-state index in [1.165, 1.54) is 12.1 Å². The second-order valence-corrected chi connectivity index (χ2v) is 2.64. The lowest BCUT2D eigenvalue weighted by Crippen LogP contribution is -1.75. The Balaban J connectivity index is 3.04. The van der Waals surface area contributed by atoms with E-state index < -0.39 is 10.6 Å². The van der Waals surface area contributed by atoms with Crippen LogP contribution in [0, 0.1) is 0 Å². The van der Waals surface area contributed by atoms with Gasteiger partial charge in [0.05, 0.1) is 0 Å². The summed E-state index contributed by atoms with van der Waals surface area (Å²) in [5.41, 5.74) is 0.238. The minimum atomic E-state index is -0.969. The van der Waals surface area contributed by atoms with Gasteiger partial charge in [-0.25, -0.2) is 4.39 Å². The third-order valence-corrected chi connectivity index (χ3v) is 1.54. The second kappa shape index (κ2) is 3.62. The summed E-state index contributed by atoms with van der Waals surface area (Å²) in [7, 11) is 0. The van der Waals surface area contributed by atoms with Crippen molar-refractivity contribution in [2.45, 2.75) is 0 Å². The first kappa shape index (κ1) is 8.40. The van der Waals surface area contributed by atoms with E-state index in [4.69, 9.17) is 0 Å². The fourth-order valence-corrected chi connectivity index (χ4v) is 0.923. The van der Waals surface area contributed by atoms with Gasteiger partial charge in [-0.05, 0) is 15.9 Å². The van der Waals surface area contributed by atoms with Gasteiger partial charge in [0.1, 0.15) is 0 Å². The van der Waals surface area contributed by atoms with Gasteiger partial charge >= 0.3 is 0 Å². The molecule has 1 aromatic rings. The maximum Gasteiger partial charge on any atom is 0.201 e. The maximum atomic E-state index is 12.7. The molecule has 0 unspecified atom stereocenters. The molecule has 0 bridgehead atoms. The highest BCUT2D eigenvalue weighted by atomic mass is 79.9. The predicted molar refractivity (Wildman–Crippen MR) is 44.5 cm³/mol. The summed E-state index contributed by atoms with van der Waals surface area (Å²) >= 11 is 2.41. The van der Waals surface area contributed by atoms with Crippen molar-refractivity contribution < 1.29 is 8.78 Å². The lowest BCUT2D eigenvalue weighted by Gasteiger charge is -1.94. The van der Waals surface area contributed by atoms with E-state index in [2.05, 4.69) is 15.9 Å². The molecule has 0 atom stereocenters. The van der Waals surface area contributed by atoms with Crippen molar-refractivity contribution >= 4 is 21.8 Å². The Bertz CT molecular complexity index is 263. The van der Waals surface area contributed by atoms with Crippen molar-refractivity contribution in [3.8, 4) is 0 Å². The van der Waals surface area contributed by atoms with Crippen molar-refractivity contribution in [1.29, 1.82) is 0 Å². The number of hydrogen-bond acceptors (Lipinski definition) is 0. The molecule has 0 aliphatic rings. The molecule has 0 spiro atoms. The Morgan fingerprint density at radius 2 is 1.64 bits per heavy atom. The van der Waals surface area contributed by atoms with Crippen LogP contribution in [0.5, 0.6) is 0 Å². The van der Waals surface area contributed by atoms with E-state index in [1.54, 1.807) is 18.2 Å². The molecule has 3 heteroatoms. The number of benzene rings is 1. The fourth-order valence-electron chi connectivity index (χ4n) is 0.694. The molecule has 0 fully saturated rings. The van der Waals surface area contributed by atoms with Gasteiger partial charge in [-0.2, -0.15) is 4.39 Å². The molecule has 0 nitrogen and oxygen atoms in total. The van der Waals surface area contributed by atoms with E-state index in [0.717, 1.165) is 0 Å². The molecule has 0 aliphatic heterocycles. The molecular weight excluding hydrogens is 214 g/mol. The normalized spacial score (nSPS) is 12.6. The monoisotopic (exact) mass is 218 g/mol. The van der Waals surface area contributed by atoms with Crippen LogP contribution in [0.3, 0.4) is 0 Å². The summed E-state index contributed by atoms with van der Waals surface area (Å²) in [5.74, 6) is -0.870. The number of rotatable bonds is 1. The lowest BCUT2D eigenvalue weighted by atomic mass is 10.2. The Morgan fingerprint density at radius 3 is 2.09 bits per heavy atom. The van der Waals surface area contributed by atoms with Crippen LogP contribution < -0.4 is 0 Å². The van der Waals surface area contributed by atoms with E-state index >= 15 is 0 Å². The molecule has 0 amide bonds. The molecule has 0 saturated carbocycles. The molecule has 0 aromatic heterocycles. The first-order valence-corrected chi connectivity index (χ1v) is 3.77. The zero-order valence-corrected chi connectivity index (χ0v) is 7.11. The van der Waals surface area contributed by atoms with Crippen LogP contribution in [0.4, 0.5) is 8.78 Å². The van der Waals surface area contributed by atoms with Gasteiger partial charge in [-0.1, -0.05) is 30.3 Å². The molecule has 11 heavy (non-hydrogen) atoms. The zero-order chi connectivity index (χ0) is 8.27. The maximum absolute atomic E-state index is 12.7. The van der Waals surface area contributed by atoms with E-state index in [0.29, 0.717) is 0 Å².